The smallest absolute Gasteiger partial charge is 0.328 e. The summed E-state index contributed by atoms with van der Waals surface area (Å²) in [5.74, 6) is 1.41. The van der Waals surface area contributed by atoms with Crippen LogP contribution in [0.15, 0.2) is 42.5 Å². The van der Waals surface area contributed by atoms with E-state index in [-0.39, 0.29) is 18.1 Å². The Morgan fingerprint density at radius 2 is 1.96 bits per heavy atom. The summed E-state index contributed by atoms with van der Waals surface area (Å²) in [6, 6.07) is 14.0. The van der Waals surface area contributed by atoms with Gasteiger partial charge in [0.05, 0.1) is 18.7 Å². The monoisotopic (exact) mass is 338 g/mol. The Morgan fingerprint density at radius 3 is 2.56 bits per heavy atom. The summed E-state index contributed by atoms with van der Waals surface area (Å²) in [5.41, 5.74) is 1.32. The summed E-state index contributed by atoms with van der Waals surface area (Å²) in [6.45, 7) is 1.88. The van der Waals surface area contributed by atoms with Gasteiger partial charge in [0, 0.05) is 18.2 Å². The number of anilines is 1. The Hall–Kier alpha value is -3.20. The van der Waals surface area contributed by atoms with Gasteiger partial charge in [-0.15, -0.1) is 0 Å². The Morgan fingerprint density at radius 1 is 1.20 bits per heavy atom. The van der Waals surface area contributed by atoms with E-state index in [9.17, 15) is 4.79 Å². The van der Waals surface area contributed by atoms with E-state index in [0.29, 0.717) is 29.2 Å². The fraction of sp³-hybridized carbons (Fsp3) is 0.263. The van der Waals surface area contributed by atoms with Crippen molar-refractivity contribution in [2.45, 2.75) is 25.5 Å². The van der Waals surface area contributed by atoms with Crippen LogP contribution in [0.5, 0.6) is 17.2 Å². The first-order valence-electron chi connectivity index (χ1n) is 7.92. The van der Waals surface area contributed by atoms with Gasteiger partial charge in [-0.2, -0.15) is 5.26 Å². The highest BCUT2D eigenvalue weighted by Gasteiger charge is 2.31. The third-order valence-electron chi connectivity index (χ3n) is 3.89. The zero-order valence-electron chi connectivity index (χ0n) is 14.0. The fourth-order valence-electron chi connectivity index (χ4n) is 2.64. The van der Waals surface area contributed by atoms with Crippen molar-refractivity contribution >= 4 is 11.7 Å². The van der Waals surface area contributed by atoms with Crippen LogP contribution in [-0.4, -0.2) is 25.2 Å². The first-order chi connectivity index (χ1) is 12.1. The molecular weight excluding hydrogens is 320 g/mol. The van der Waals surface area contributed by atoms with E-state index in [2.05, 4.69) is 11.4 Å². The first kappa shape index (κ1) is 16.7. The largest absolute Gasteiger partial charge is 0.493 e. The molecule has 1 fully saturated rings. The SMILES string of the molecule is COc1cc(C#N)ccc1Oc1ccc(N[C@@H]2C[C@H](C)OC2=O)cc1. The number of nitriles is 1. The van der Waals surface area contributed by atoms with Gasteiger partial charge in [-0.25, -0.2) is 4.79 Å². The number of esters is 1. The summed E-state index contributed by atoms with van der Waals surface area (Å²) in [5, 5.41) is 12.1. The Labute approximate surface area is 145 Å². The van der Waals surface area contributed by atoms with Gasteiger partial charge in [-0.1, -0.05) is 0 Å². The number of methoxy groups -OCH3 is 1. The molecule has 0 aromatic heterocycles. The third kappa shape index (κ3) is 3.83. The van der Waals surface area contributed by atoms with Crippen LogP contribution in [0.25, 0.3) is 0 Å². The highest BCUT2D eigenvalue weighted by molar-refractivity contribution is 5.81. The summed E-state index contributed by atoms with van der Waals surface area (Å²) in [7, 11) is 1.53. The summed E-state index contributed by atoms with van der Waals surface area (Å²) >= 11 is 0. The number of rotatable bonds is 5. The summed E-state index contributed by atoms with van der Waals surface area (Å²) < 4.78 is 16.2. The minimum Gasteiger partial charge on any atom is -0.493 e. The van der Waals surface area contributed by atoms with Gasteiger partial charge in [0.2, 0.25) is 0 Å². The maximum absolute atomic E-state index is 11.7. The molecule has 25 heavy (non-hydrogen) atoms. The van der Waals surface area contributed by atoms with Crippen LogP contribution >= 0.6 is 0 Å². The van der Waals surface area contributed by atoms with Gasteiger partial charge >= 0.3 is 5.97 Å². The molecule has 3 rings (SSSR count). The van der Waals surface area contributed by atoms with Crippen LogP contribution < -0.4 is 14.8 Å². The lowest BCUT2D eigenvalue weighted by molar-refractivity contribution is -0.141. The molecule has 2 aromatic rings. The summed E-state index contributed by atoms with van der Waals surface area (Å²) in [6.07, 6.45) is 0.593. The lowest BCUT2D eigenvalue weighted by atomic mass is 10.2. The van der Waals surface area contributed by atoms with Gasteiger partial charge in [0.1, 0.15) is 17.9 Å². The van der Waals surface area contributed by atoms with Crippen molar-refractivity contribution in [1.82, 2.24) is 0 Å². The number of cyclic esters (lactones) is 1. The van der Waals surface area contributed by atoms with Crippen molar-refractivity contribution in [3.8, 4) is 23.3 Å². The minimum absolute atomic E-state index is 0.0588. The van der Waals surface area contributed by atoms with Crippen molar-refractivity contribution in [1.29, 1.82) is 5.26 Å². The van der Waals surface area contributed by atoms with Gasteiger partial charge in [-0.3, -0.25) is 0 Å². The lowest BCUT2D eigenvalue weighted by Gasteiger charge is -2.13. The van der Waals surface area contributed by atoms with E-state index < -0.39 is 0 Å². The van der Waals surface area contributed by atoms with Crippen LogP contribution in [0, 0.1) is 11.3 Å². The average Bonchev–Trinajstić information content (AvgIpc) is 2.94. The van der Waals surface area contributed by atoms with E-state index in [1.54, 1.807) is 30.3 Å². The number of nitrogens with one attached hydrogen (secondary N) is 1. The van der Waals surface area contributed by atoms with Crippen molar-refractivity contribution in [3.63, 3.8) is 0 Å². The molecule has 1 aliphatic rings. The van der Waals surface area contributed by atoms with Crippen LogP contribution in [-0.2, 0) is 9.53 Å². The molecule has 0 bridgehead atoms. The van der Waals surface area contributed by atoms with Crippen molar-refractivity contribution in [2.24, 2.45) is 0 Å². The Kier molecular flexibility index (Phi) is 4.75. The third-order valence-corrected chi connectivity index (χ3v) is 3.89. The topological polar surface area (TPSA) is 80.6 Å². The normalized spacial score (nSPS) is 19.0. The van der Waals surface area contributed by atoms with E-state index in [1.165, 1.54) is 7.11 Å². The number of ether oxygens (including phenoxy) is 3. The molecule has 0 spiro atoms. The molecule has 0 unspecified atom stereocenters. The highest BCUT2D eigenvalue weighted by atomic mass is 16.6. The molecule has 1 saturated heterocycles. The Bertz CT molecular complexity index is 811. The van der Waals surface area contributed by atoms with Gasteiger partial charge in [0.15, 0.2) is 11.5 Å². The predicted molar refractivity (Wildman–Crippen MR) is 91.8 cm³/mol. The fourth-order valence-corrected chi connectivity index (χ4v) is 2.64. The second-order valence-corrected chi connectivity index (χ2v) is 5.78. The highest BCUT2D eigenvalue weighted by Crippen LogP contribution is 2.32. The zero-order chi connectivity index (χ0) is 17.8. The molecule has 2 atom stereocenters. The average molecular weight is 338 g/mol. The maximum Gasteiger partial charge on any atom is 0.328 e. The van der Waals surface area contributed by atoms with Crippen LogP contribution in [0.4, 0.5) is 5.69 Å². The van der Waals surface area contributed by atoms with Crippen LogP contribution in [0.1, 0.15) is 18.9 Å². The van der Waals surface area contributed by atoms with Crippen LogP contribution in [0.2, 0.25) is 0 Å². The van der Waals surface area contributed by atoms with Gasteiger partial charge in [0.25, 0.3) is 0 Å². The number of hydrogen-bond donors (Lipinski definition) is 1. The van der Waals surface area contributed by atoms with Crippen molar-refractivity contribution < 1.29 is 19.0 Å². The van der Waals surface area contributed by atoms with E-state index >= 15 is 0 Å². The number of carbonyl (C=O) groups is 1. The van der Waals surface area contributed by atoms with Crippen LogP contribution in [0.3, 0.4) is 0 Å². The molecule has 0 radical (unpaired) electrons. The molecule has 6 nitrogen and oxygen atoms in total. The lowest BCUT2D eigenvalue weighted by Crippen LogP contribution is -2.24. The second-order valence-electron chi connectivity index (χ2n) is 5.78. The van der Waals surface area contributed by atoms with E-state index in [4.69, 9.17) is 19.5 Å². The molecule has 0 aliphatic carbocycles. The molecule has 0 amide bonds. The number of hydrogen-bond acceptors (Lipinski definition) is 6. The molecule has 0 saturated carbocycles. The minimum atomic E-state index is -0.319. The number of carbonyl (C=O) groups excluding carboxylic acids is 1. The maximum atomic E-state index is 11.7. The molecule has 2 aromatic carbocycles. The molecular formula is C19H18N2O4. The van der Waals surface area contributed by atoms with Gasteiger partial charge < -0.3 is 19.5 Å². The standard InChI is InChI=1S/C19H18N2O4/c1-12-9-16(19(22)24-12)21-14-4-6-15(7-5-14)25-17-8-3-13(11-20)10-18(17)23-2/h3-8,10,12,16,21H,9H2,1-2H3/t12-,16+/m0/s1. The number of nitrogens with zero attached hydrogens (tertiary/aromatic N) is 1. The number of benzene rings is 2. The molecule has 1 aliphatic heterocycles. The second kappa shape index (κ2) is 7.14. The Balaban J connectivity index is 1.69. The van der Waals surface area contributed by atoms with E-state index in [1.807, 2.05) is 19.1 Å². The van der Waals surface area contributed by atoms with Crippen molar-refractivity contribution in [2.75, 3.05) is 12.4 Å². The molecule has 1 heterocycles. The van der Waals surface area contributed by atoms with Gasteiger partial charge in [-0.05, 0) is 43.3 Å². The first-order valence-corrected chi connectivity index (χ1v) is 7.92. The molecule has 1 N–H and O–H groups in total. The zero-order valence-corrected chi connectivity index (χ0v) is 14.0. The quantitative estimate of drug-likeness (QED) is 0.841. The van der Waals surface area contributed by atoms with E-state index in [0.717, 1.165) is 5.69 Å². The molecule has 128 valence electrons. The molecule has 6 heteroatoms. The van der Waals surface area contributed by atoms with Crippen molar-refractivity contribution in [3.05, 3.63) is 48.0 Å². The predicted octanol–water partition coefficient (Wildman–Crippen LogP) is 3.48. The summed E-state index contributed by atoms with van der Waals surface area (Å²) in [4.78, 5) is 11.7.